The molecule has 0 bridgehead atoms. The molecule has 0 heterocycles. The fraction of sp³-hybridized carbons (Fsp3) is 0.471. The summed E-state index contributed by atoms with van der Waals surface area (Å²) in [5, 5.41) is 0. The van der Waals surface area contributed by atoms with Gasteiger partial charge in [-0.15, -0.1) is 0 Å². The molecule has 0 amide bonds. The summed E-state index contributed by atoms with van der Waals surface area (Å²) in [6.07, 6.45) is 5.75. The predicted octanol–water partition coefficient (Wildman–Crippen LogP) is 4.27. The summed E-state index contributed by atoms with van der Waals surface area (Å²) >= 11 is 0. The van der Waals surface area contributed by atoms with Crippen molar-refractivity contribution in [2.24, 2.45) is 0 Å². The Labute approximate surface area is 120 Å². The minimum absolute atomic E-state index is 0.00407. The molecule has 3 heteroatoms. The molecule has 20 heavy (non-hydrogen) atoms. The molecular weight excluding hydrogens is 252 g/mol. The van der Waals surface area contributed by atoms with Crippen LogP contribution in [0.2, 0.25) is 0 Å². The number of rotatable bonds is 5. The van der Waals surface area contributed by atoms with Gasteiger partial charge < -0.3 is 9.47 Å². The Bertz CT molecular complexity index is 481. The first kappa shape index (κ1) is 14.6. The van der Waals surface area contributed by atoms with Crippen LogP contribution in [0, 0.1) is 0 Å². The Morgan fingerprint density at radius 1 is 1.20 bits per heavy atom. The van der Waals surface area contributed by atoms with Crippen LogP contribution >= 0.6 is 0 Å². The van der Waals surface area contributed by atoms with Crippen molar-refractivity contribution in [2.75, 3.05) is 0 Å². The van der Waals surface area contributed by atoms with Gasteiger partial charge in [-0.3, -0.25) is 0 Å². The maximum Gasteiger partial charge on any atom is 0.338 e. The zero-order valence-corrected chi connectivity index (χ0v) is 12.3. The molecule has 0 aromatic heterocycles. The van der Waals surface area contributed by atoms with Gasteiger partial charge in [-0.1, -0.05) is 13.5 Å². The Balaban J connectivity index is 2.01. The lowest BCUT2D eigenvalue weighted by Gasteiger charge is -2.29. The third kappa shape index (κ3) is 3.41. The van der Waals surface area contributed by atoms with Crippen LogP contribution in [0.4, 0.5) is 0 Å². The molecule has 0 saturated heterocycles. The molecule has 1 aromatic carbocycles. The normalized spacial score (nSPS) is 16.7. The molecule has 1 fully saturated rings. The van der Waals surface area contributed by atoms with Crippen LogP contribution in [0.5, 0.6) is 11.5 Å². The van der Waals surface area contributed by atoms with E-state index in [1.54, 1.807) is 19.1 Å². The fourth-order valence-electron chi connectivity index (χ4n) is 2.57. The highest BCUT2D eigenvalue weighted by Crippen LogP contribution is 2.37. The minimum Gasteiger partial charge on any atom is -0.487 e. The van der Waals surface area contributed by atoms with E-state index in [0.29, 0.717) is 11.3 Å². The standard InChI is InChI=1S/C17H22O3/c1-4-17(11-5-6-12-17)20-15-9-7-14(8-10-15)19-16(18)13(2)3/h7-10H,2,4-6,11-12H2,1,3H3. The van der Waals surface area contributed by atoms with Gasteiger partial charge in [-0.25, -0.2) is 4.79 Å². The van der Waals surface area contributed by atoms with Gasteiger partial charge in [0, 0.05) is 5.57 Å². The summed E-state index contributed by atoms with van der Waals surface area (Å²) in [6.45, 7) is 7.36. The van der Waals surface area contributed by atoms with Gasteiger partial charge in [-0.2, -0.15) is 0 Å². The van der Waals surface area contributed by atoms with Crippen molar-refractivity contribution in [3.05, 3.63) is 36.4 Å². The Kier molecular flexibility index (Phi) is 4.48. The lowest BCUT2D eigenvalue weighted by molar-refractivity contribution is -0.130. The van der Waals surface area contributed by atoms with Gasteiger partial charge in [0.1, 0.15) is 17.1 Å². The molecule has 1 saturated carbocycles. The monoisotopic (exact) mass is 274 g/mol. The van der Waals surface area contributed by atoms with E-state index < -0.39 is 5.97 Å². The van der Waals surface area contributed by atoms with Gasteiger partial charge in [-0.05, 0) is 63.3 Å². The van der Waals surface area contributed by atoms with Crippen LogP contribution in [0.3, 0.4) is 0 Å². The van der Waals surface area contributed by atoms with Gasteiger partial charge in [0.15, 0.2) is 0 Å². The Morgan fingerprint density at radius 2 is 1.75 bits per heavy atom. The molecule has 0 radical (unpaired) electrons. The number of hydrogen-bond donors (Lipinski definition) is 0. The SMILES string of the molecule is C=C(C)C(=O)Oc1ccc(OC2(CC)CCCC2)cc1. The molecule has 0 spiro atoms. The lowest BCUT2D eigenvalue weighted by Crippen LogP contribution is -2.31. The first-order chi connectivity index (χ1) is 9.54. The second-order valence-corrected chi connectivity index (χ2v) is 5.49. The van der Waals surface area contributed by atoms with E-state index in [0.717, 1.165) is 25.0 Å². The van der Waals surface area contributed by atoms with Crippen molar-refractivity contribution in [3.8, 4) is 11.5 Å². The molecule has 1 aromatic rings. The summed E-state index contributed by atoms with van der Waals surface area (Å²) in [7, 11) is 0. The zero-order chi connectivity index (χ0) is 14.6. The van der Waals surface area contributed by atoms with Gasteiger partial charge in [0.2, 0.25) is 0 Å². The number of hydrogen-bond acceptors (Lipinski definition) is 3. The topological polar surface area (TPSA) is 35.5 Å². The smallest absolute Gasteiger partial charge is 0.338 e. The number of benzene rings is 1. The molecule has 1 aliphatic rings. The second-order valence-electron chi connectivity index (χ2n) is 5.49. The highest BCUT2D eigenvalue weighted by atomic mass is 16.5. The second kappa shape index (κ2) is 6.12. The van der Waals surface area contributed by atoms with Crippen LogP contribution in [-0.4, -0.2) is 11.6 Å². The summed E-state index contributed by atoms with van der Waals surface area (Å²) < 4.78 is 11.3. The van der Waals surface area contributed by atoms with E-state index >= 15 is 0 Å². The highest BCUT2D eigenvalue weighted by Gasteiger charge is 2.34. The number of ether oxygens (including phenoxy) is 2. The van der Waals surface area contributed by atoms with E-state index in [4.69, 9.17) is 9.47 Å². The maximum absolute atomic E-state index is 11.4. The molecule has 0 N–H and O–H groups in total. The highest BCUT2D eigenvalue weighted by molar-refractivity contribution is 5.88. The molecule has 0 unspecified atom stereocenters. The Morgan fingerprint density at radius 3 is 2.25 bits per heavy atom. The van der Waals surface area contributed by atoms with E-state index in [1.807, 2.05) is 12.1 Å². The lowest BCUT2D eigenvalue weighted by atomic mass is 9.99. The minimum atomic E-state index is -0.403. The van der Waals surface area contributed by atoms with E-state index in [2.05, 4.69) is 13.5 Å². The largest absolute Gasteiger partial charge is 0.487 e. The maximum atomic E-state index is 11.4. The number of carbonyl (C=O) groups is 1. The average Bonchev–Trinajstić information content (AvgIpc) is 2.90. The van der Waals surface area contributed by atoms with Crippen molar-refractivity contribution in [1.29, 1.82) is 0 Å². The quantitative estimate of drug-likeness (QED) is 0.457. The zero-order valence-electron chi connectivity index (χ0n) is 12.3. The first-order valence-corrected chi connectivity index (χ1v) is 7.21. The summed E-state index contributed by atoms with van der Waals surface area (Å²) in [6, 6.07) is 7.23. The predicted molar refractivity (Wildman–Crippen MR) is 79.0 cm³/mol. The van der Waals surface area contributed by atoms with Crippen LogP contribution < -0.4 is 9.47 Å². The molecule has 1 aliphatic carbocycles. The molecule has 0 atom stereocenters. The first-order valence-electron chi connectivity index (χ1n) is 7.21. The summed E-state index contributed by atoms with van der Waals surface area (Å²) in [5.74, 6) is 0.950. The third-order valence-electron chi connectivity index (χ3n) is 3.88. The van der Waals surface area contributed by atoms with Crippen LogP contribution in [-0.2, 0) is 4.79 Å². The van der Waals surface area contributed by atoms with Crippen molar-refractivity contribution >= 4 is 5.97 Å². The van der Waals surface area contributed by atoms with E-state index in [1.165, 1.54) is 12.8 Å². The van der Waals surface area contributed by atoms with Crippen LogP contribution in [0.1, 0.15) is 46.0 Å². The summed E-state index contributed by atoms with van der Waals surface area (Å²) in [4.78, 5) is 11.4. The van der Waals surface area contributed by atoms with Crippen LogP contribution in [0.25, 0.3) is 0 Å². The molecule has 108 valence electrons. The fourth-order valence-corrected chi connectivity index (χ4v) is 2.57. The van der Waals surface area contributed by atoms with Gasteiger partial charge in [0.05, 0.1) is 0 Å². The molecule has 0 aliphatic heterocycles. The van der Waals surface area contributed by atoms with Crippen molar-refractivity contribution in [1.82, 2.24) is 0 Å². The third-order valence-corrected chi connectivity index (χ3v) is 3.88. The van der Waals surface area contributed by atoms with Gasteiger partial charge in [0.25, 0.3) is 0 Å². The molecule has 3 nitrogen and oxygen atoms in total. The van der Waals surface area contributed by atoms with Crippen molar-refractivity contribution in [2.45, 2.75) is 51.6 Å². The van der Waals surface area contributed by atoms with Crippen molar-refractivity contribution < 1.29 is 14.3 Å². The number of esters is 1. The molecular formula is C17H22O3. The van der Waals surface area contributed by atoms with E-state index in [-0.39, 0.29) is 5.60 Å². The van der Waals surface area contributed by atoms with Crippen LogP contribution in [0.15, 0.2) is 36.4 Å². The average molecular weight is 274 g/mol. The van der Waals surface area contributed by atoms with E-state index in [9.17, 15) is 4.79 Å². The summed E-state index contributed by atoms with van der Waals surface area (Å²) in [5.41, 5.74) is 0.386. The molecule has 2 rings (SSSR count). The number of carbonyl (C=O) groups excluding carboxylic acids is 1. The van der Waals surface area contributed by atoms with Crippen molar-refractivity contribution in [3.63, 3.8) is 0 Å². The van der Waals surface area contributed by atoms with Gasteiger partial charge >= 0.3 is 5.97 Å². The Hall–Kier alpha value is -1.77.